The Kier molecular flexibility index (Phi) is 7.89. The first-order chi connectivity index (χ1) is 15.4. The van der Waals surface area contributed by atoms with Crippen LogP contribution in [0.25, 0.3) is 0 Å². The molecule has 2 aromatic rings. The SMILES string of the molecule is C=C(N=C(C(N)=NC)c1ccc(C(=O)NCc2ccccc2)c(F)c1)C1CCC(O)CC1. The quantitative estimate of drug-likeness (QED) is 0.457. The Bertz CT molecular complexity index is 1030. The fourth-order valence-electron chi connectivity index (χ4n) is 3.74. The number of nitrogens with one attached hydrogen (secondary N) is 1. The second-order valence-electron chi connectivity index (χ2n) is 7.93. The normalized spacial score (nSPS) is 19.5. The van der Waals surface area contributed by atoms with Gasteiger partial charge in [0.25, 0.3) is 5.91 Å². The summed E-state index contributed by atoms with van der Waals surface area (Å²) in [5.74, 6) is -0.886. The number of halogens is 1. The Morgan fingerprint density at radius 3 is 2.50 bits per heavy atom. The molecule has 1 fully saturated rings. The van der Waals surface area contributed by atoms with Gasteiger partial charge in [0.05, 0.1) is 11.7 Å². The number of aliphatic hydroxyl groups excluding tert-OH is 1. The molecule has 3 rings (SSSR count). The van der Waals surface area contributed by atoms with Crippen molar-refractivity contribution in [2.24, 2.45) is 21.6 Å². The third-order valence-electron chi connectivity index (χ3n) is 5.69. The number of nitrogens with zero attached hydrogens (tertiary/aromatic N) is 2. The second-order valence-corrected chi connectivity index (χ2v) is 7.93. The van der Waals surface area contributed by atoms with Crippen LogP contribution in [0.4, 0.5) is 4.39 Å². The molecule has 0 aliphatic heterocycles. The number of rotatable bonds is 7. The molecular formula is C25H29FN4O2. The third kappa shape index (κ3) is 5.88. The lowest BCUT2D eigenvalue weighted by Gasteiger charge is -2.25. The highest BCUT2D eigenvalue weighted by atomic mass is 19.1. The number of carbonyl (C=O) groups is 1. The maximum atomic E-state index is 14.8. The first-order valence-electron chi connectivity index (χ1n) is 10.7. The summed E-state index contributed by atoms with van der Waals surface area (Å²) in [6.45, 7) is 4.37. The predicted octanol–water partition coefficient (Wildman–Crippen LogP) is 3.60. The minimum absolute atomic E-state index is 0.0591. The molecular weight excluding hydrogens is 407 g/mol. The van der Waals surface area contributed by atoms with Crippen LogP contribution >= 0.6 is 0 Å². The van der Waals surface area contributed by atoms with E-state index < -0.39 is 11.7 Å². The highest BCUT2D eigenvalue weighted by Crippen LogP contribution is 2.30. The molecule has 0 bridgehead atoms. The van der Waals surface area contributed by atoms with Gasteiger partial charge in [-0.15, -0.1) is 0 Å². The molecule has 0 atom stereocenters. The van der Waals surface area contributed by atoms with Crippen molar-refractivity contribution in [3.63, 3.8) is 0 Å². The molecule has 0 heterocycles. The Hall–Kier alpha value is -3.32. The molecule has 0 saturated heterocycles. The minimum Gasteiger partial charge on any atom is -0.393 e. The molecule has 0 radical (unpaired) electrons. The van der Waals surface area contributed by atoms with Crippen molar-refractivity contribution >= 4 is 17.5 Å². The number of amidine groups is 1. The van der Waals surface area contributed by atoms with Gasteiger partial charge in [0.15, 0.2) is 0 Å². The molecule has 1 amide bonds. The van der Waals surface area contributed by atoms with Crippen LogP contribution in [-0.2, 0) is 6.54 Å². The third-order valence-corrected chi connectivity index (χ3v) is 5.69. The van der Waals surface area contributed by atoms with E-state index in [2.05, 4.69) is 21.9 Å². The van der Waals surface area contributed by atoms with E-state index in [9.17, 15) is 14.3 Å². The Labute approximate surface area is 187 Å². The highest BCUT2D eigenvalue weighted by Gasteiger charge is 2.23. The van der Waals surface area contributed by atoms with E-state index in [1.165, 1.54) is 19.2 Å². The standard InChI is InChI=1S/C25H29FN4O2/c1-16(18-8-11-20(31)12-9-18)30-23(24(27)28-2)19-10-13-21(22(26)14-19)25(32)29-15-17-6-4-3-5-7-17/h3-7,10,13-14,18,20,31H,1,8-9,11-12,15H2,2H3,(H2,27,28)(H,29,32). The van der Waals surface area contributed by atoms with Crippen LogP contribution in [-0.4, -0.2) is 35.7 Å². The number of amides is 1. The van der Waals surface area contributed by atoms with Crippen LogP contribution < -0.4 is 11.1 Å². The summed E-state index contributed by atoms with van der Waals surface area (Å²) in [6, 6.07) is 13.7. The predicted molar refractivity (Wildman–Crippen MR) is 125 cm³/mol. The summed E-state index contributed by atoms with van der Waals surface area (Å²) in [4.78, 5) is 21.0. The molecule has 7 heteroatoms. The van der Waals surface area contributed by atoms with Gasteiger partial charge in [0, 0.05) is 30.8 Å². The first-order valence-corrected chi connectivity index (χ1v) is 10.7. The van der Waals surface area contributed by atoms with Gasteiger partial charge in [-0.3, -0.25) is 9.79 Å². The fraction of sp³-hybridized carbons (Fsp3) is 0.320. The Balaban J connectivity index is 1.78. The van der Waals surface area contributed by atoms with Gasteiger partial charge < -0.3 is 16.2 Å². The number of aliphatic imine (C=N–C) groups is 2. The molecule has 2 aromatic carbocycles. The maximum Gasteiger partial charge on any atom is 0.254 e. The van der Waals surface area contributed by atoms with E-state index >= 15 is 0 Å². The van der Waals surface area contributed by atoms with E-state index in [1.54, 1.807) is 6.07 Å². The van der Waals surface area contributed by atoms with E-state index in [-0.39, 0.29) is 23.4 Å². The first kappa shape index (κ1) is 23.3. The molecule has 4 N–H and O–H groups in total. The highest BCUT2D eigenvalue weighted by molar-refractivity contribution is 6.47. The number of hydrogen-bond donors (Lipinski definition) is 3. The lowest BCUT2D eigenvalue weighted by molar-refractivity contribution is 0.0946. The van der Waals surface area contributed by atoms with Crippen molar-refractivity contribution in [2.45, 2.75) is 38.3 Å². The van der Waals surface area contributed by atoms with E-state index in [1.807, 2.05) is 30.3 Å². The zero-order chi connectivity index (χ0) is 23.1. The monoisotopic (exact) mass is 436 g/mol. The molecule has 1 aliphatic carbocycles. The number of hydrogen-bond acceptors (Lipinski definition) is 4. The van der Waals surface area contributed by atoms with Gasteiger partial charge in [0.1, 0.15) is 17.4 Å². The molecule has 168 valence electrons. The Morgan fingerprint density at radius 2 is 1.88 bits per heavy atom. The largest absolute Gasteiger partial charge is 0.393 e. The summed E-state index contributed by atoms with van der Waals surface area (Å²) in [5.41, 5.74) is 8.28. The lowest BCUT2D eigenvalue weighted by atomic mass is 9.86. The number of aliphatic hydroxyl groups is 1. The molecule has 6 nitrogen and oxygen atoms in total. The number of allylic oxidation sites excluding steroid dienone is 1. The summed E-state index contributed by atoms with van der Waals surface area (Å²) >= 11 is 0. The summed E-state index contributed by atoms with van der Waals surface area (Å²) < 4.78 is 14.8. The molecule has 0 aromatic heterocycles. The van der Waals surface area contributed by atoms with Crippen molar-refractivity contribution in [3.8, 4) is 0 Å². The minimum atomic E-state index is -0.670. The van der Waals surface area contributed by atoms with Gasteiger partial charge in [-0.2, -0.15) is 0 Å². The van der Waals surface area contributed by atoms with Gasteiger partial charge in [-0.25, -0.2) is 9.38 Å². The average Bonchev–Trinajstić information content (AvgIpc) is 2.81. The smallest absolute Gasteiger partial charge is 0.254 e. The molecule has 1 saturated carbocycles. The van der Waals surface area contributed by atoms with Gasteiger partial charge in [-0.05, 0) is 43.4 Å². The van der Waals surface area contributed by atoms with Crippen molar-refractivity contribution < 1.29 is 14.3 Å². The van der Waals surface area contributed by atoms with Crippen LogP contribution in [0, 0.1) is 11.7 Å². The summed E-state index contributed by atoms with van der Waals surface area (Å²) in [5, 5.41) is 12.4. The second kappa shape index (κ2) is 10.8. The van der Waals surface area contributed by atoms with E-state index in [0.717, 1.165) is 18.4 Å². The van der Waals surface area contributed by atoms with Gasteiger partial charge in [0.2, 0.25) is 0 Å². The molecule has 32 heavy (non-hydrogen) atoms. The summed E-state index contributed by atoms with van der Waals surface area (Å²) in [6.07, 6.45) is 2.70. The molecule has 0 spiro atoms. The van der Waals surface area contributed by atoms with Crippen molar-refractivity contribution in [1.29, 1.82) is 0 Å². The zero-order valence-electron chi connectivity index (χ0n) is 18.2. The van der Waals surface area contributed by atoms with Crippen LogP contribution in [0.15, 0.2) is 70.8 Å². The lowest BCUT2D eigenvalue weighted by Crippen LogP contribution is -2.27. The number of carbonyl (C=O) groups excluding carboxylic acids is 1. The van der Waals surface area contributed by atoms with Crippen LogP contribution in [0.3, 0.4) is 0 Å². The number of nitrogens with two attached hydrogens (primary N) is 1. The van der Waals surface area contributed by atoms with Gasteiger partial charge in [-0.1, -0.05) is 43.0 Å². The zero-order valence-corrected chi connectivity index (χ0v) is 18.2. The van der Waals surface area contributed by atoms with Crippen molar-refractivity contribution in [3.05, 3.63) is 83.3 Å². The van der Waals surface area contributed by atoms with E-state index in [4.69, 9.17) is 5.73 Å². The van der Waals surface area contributed by atoms with E-state index in [0.29, 0.717) is 36.4 Å². The van der Waals surface area contributed by atoms with Crippen LogP contribution in [0.1, 0.15) is 47.2 Å². The Morgan fingerprint density at radius 1 is 1.19 bits per heavy atom. The van der Waals surface area contributed by atoms with Gasteiger partial charge >= 0.3 is 0 Å². The fourth-order valence-corrected chi connectivity index (χ4v) is 3.74. The topological polar surface area (TPSA) is 100 Å². The average molecular weight is 437 g/mol. The maximum absolute atomic E-state index is 14.8. The number of benzene rings is 2. The van der Waals surface area contributed by atoms with Crippen LogP contribution in [0.5, 0.6) is 0 Å². The van der Waals surface area contributed by atoms with Crippen molar-refractivity contribution in [1.82, 2.24) is 5.32 Å². The van der Waals surface area contributed by atoms with Crippen LogP contribution in [0.2, 0.25) is 0 Å². The molecule has 1 aliphatic rings. The molecule has 0 unspecified atom stereocenters. The van der Waals surface area contributed by atoms with Crippen molar-refractivity contribution in [2.75, 3.05) is 7.05 Å². The summed E-state index contributed by atoms with van der Waals surface area (Å²) in [7, 11) is 1.53.